The van der Waals surface area contributed by atoms with E-state index in [1.54, 1.807) is 14.2 Å². The summed E-state index contributed by atoms with van der Waals surface area (Å²) in [7, 11) is 1.98. The molecule has 0 saturated carbocycles. The van der Waals surface area contributed by atoms with Crippen LogP contribution in [0.1, 0.15) is 107 Å². The number of halogens is 1. The fraction of sp³-hybridized carbons (Fsp3) is 0.519. The Morgan fingerprint density at radius 3 is 1.21 bits per heavy atom. The molecule has 0 aliphatic carbocycles. The molecule has 0 N–H and O–H groups in total. The molecule has 2 amide bonds. The second kappa shape index (κ2) is 20.8. The quantitative estimate of drug-likeness (QED) is 0.142. The Balaban J connectivity index is 0.000000161. The molecule has 12 nitrogen and oxygen atoms in total. The van der Waals surface area contributed by atoms with Gasteiger partial charge in [-0.05, 0) is 186 Å². The van der Waals surface area contributed by atoms with Crippen LogP contribution >= 0.6 is 15.9 Å². The van der Waals surface area contributed by atoms with Crippen LogP contribution < -0.4 is 24.7 Å². The fourth-order valence-electron chi connectivity index (χ4n) is 8.95. The highest BCUT2D eigenvalue weighted by Gasteiger charge is 2.64. The fourth-order valence-corrected chi connectivity index (χ4v) is 9.21. The molecule has 374 valence electrons. The van der Waals surface area contributed by atoms with Crippen molar-refractivity contribution in [2.24, 2.45) is 11.8 Å². The van der Waals surface area contributed by atoms with Gasteiger partial charge >= 0.3 is 21.1 Å². The molecule has 70 heavy (non-hydrogen) atoms. The molecule has 9 rings (SSSR count). The molecule has 0 radical (unpaired) electrons. The predicted octanol–water partition coefficient (Wildman–Crippen LogP) is 9.89. The highest BCUT2D eigenvalue weighted by Crippen LogP contribution is 2.43. The number of methoxy groups -OCH3 is 2. The van der Waals surface area contributed by atoms with Crippen LogP contribution in [-0.2, 0) is 50.4 Å². The number of carbonyl (C=O) groups is 2. The number of anilines is 2. The van der Waals surface area contributed by atoms with E-state index in [4.69, 9.17) is 37.4 Å². The van der Waals surface area contributed by atoms with E-state index in [2.05, 4.69) is 28.1 Å². The van der Waals surface area contributed by atoms with E-state index in [0.29, 0.717) is 0 Å². The van der Waals surface area contributed by atoms with Gasteiger partial charge in [-0.3, -0.25) is 9.59 Å². The maximum Gasteiger partial charge on any atom is 0.494 e. The Kier molecular flexibility index (Phi) is 15.9. The lowest BCUT2D eigenvalue weighted by atomic mass is 9.49. The first-order chi connectivity index (χ1) is 32.7. The van der Waals surface area contributed by atoms with Crippen LogP contribution in [0.5, 0.6) is 11.5 Å². The number of rotatable bonds is 10. The minimum atomic E-state index is -0.476. The summed E-state index contributed by atoms with van der Waals surface area (Å²) < 4.78 is 47.7. The summed E-state index contributed by atoms with van der Waals surface area (Å²) in [5.41, 5.74) is 2.97. The van der Waals surface area contributed by atoms with Crippen LogP contribution in [0.2, 0.25) is 0 Å². The van der Waals surface area contributed by atoms with Crippen molar-refractivity contribution in [1.82, 2.24) is 0 Å². The highest BCUT2D eigenvalue weighted by molar-refractivity contribution is 9.10. The van der Waals surface area contributed by atoms with Gasteiger partial charge in [0.2, 0.25) is 11.8 Å². The van der Waals surface area contributed by atoms with Crippen LogP contribution in [0, 0.1) is 11.8 Å². The zero-order chi connectivity index (χ0) is 51.0. The van der Waals surface area contributed by atoms with E-state index < -0.39 is 14.0 Å². The molecule has 16 heteroatoms. The second-order valence-corrected chi connectivity index (χ2v) is 22.9. The van der Waals surface area contributed by atoms with Crippen molar-refractivity contribution in [1.29, 1.82) is 0 Å². The lowest BCUT2D eigenvalue weighted by Gasteiger charge is -2.32. The highest BCUT2D eigenvalue weighted by atomic mass is 79.9. The van der Waals surface area contributed by atoms with Gasteiger partial charge < -0.3 is 47.2 Å². The number of benzene rings is 4. The van der Waals surface area contributed by atoms with Crippen molar-refractivity contribution in [2.45, 2.75) is 142 Å². The van der Waals surface area contributed by atoms with Gasteiger partial charge in [0.15, 0.2) is 0 Å². The summed E-state index contributed by atoms with van der Waals surface area (Å²) >= 11 is 3.42. The molecular weight excluding hydrogens is 949 g/mol. The SMILES string of the molecule is CC1(C)OB(B2OC(C)(C)C(C)(C)O2)OC1(C)C.COc1cccc(CC2CCN(c3ccc(B4OC(C)(C)C(C)(C)O4)cc3)C2=O)c1.COc1cccc(CC2CCN(c3ccc(Br)cc3)C2=O)c1. The van der Waals surface area contributed by atoms with Crippen molar-refractivity contribution in [3.8, 4) is 11.5 Å². The van der Waals surface area contributed by atoms with E-state index in [1.165, 1.54) is 0 Å². The van der Waals surface area contributed by atoms with Gasteiger partial charge in [0, 0.05) is 40.8 Å². The van der Waals surface area contributed by atoms with E-state index >= 15 is 0 Å². The van der Waals surface area contributed by atoms with Gasteiger partial charge in [0.25, 0.3) is 0 Å². The van der Waals surface area contributed by atoms with Gasteiger partial charge in [-0.1, -0.05) is 52.3 Å². The number of hydrogen-bond donors (Lipinski definition) is 0. The third-order valence-corrected chi connectivity index (χ3v) is 16.0. The Labute approximate surface area is 426 Å². The molecule has 5 heterocycles. The first-order valence-corrected chi connectivity index (χ1v) is 25.4. The van der Waals surface area contributed by atoms with Gasteiger partial charge in [0.05, 0.1) is 47.8 Å². The molecule has 0 spiro atoms. The monoisotopic (exact) mass is 1020 g/mol. The number of carbonyl (C=O) groups excluding carboxylic acids is 2. The van der Waals surface area contributed by atoms with Crippen LogP contribution in [0.15, 0.2) is 102 Å². The summed E-state index contributed by atoms with van der Waals surface area (Å²) in [6.45, 7) is 25.9. The average molecular weight is 1020 g/mol. The second-order valence-electron chi connectivity index (χ2n) is 22.0. The normalized spacial score (nSPS) is 23.5. The standard InChI is InChI=1S/C24H30BNO4.C18H18BrNO2.C12H24B2O4/c1-23(2)24(3,4)30-25(29-23)19-9-11-20(12-10-19)26-14-13-18(22(26)27)15-17-7-6-8-21(16-17)28-5;1-22-17-4-2-3-13(12-17)11-14-9-10-20(18(14)21)16-7-5-15(19)6-8-16;1-9(2)10(3,4)16-13(15-9)14-17-11(5,6)12(7,8)18-14/h6-12,16,18H,13-15H2,1-5H3;2-8,12,14H,9-11H2,1H3;1-8H3. The molecular formula is C54H72B3BrN2O10. The van der Waals surface area contributed by atoms with E-state index in [-0.39, 0.29) is 64.4 Å². The molecule has 5 fully saturated rings. The summed E-state index contributed by atoms with van der Waals surface area (Å²) in [5.74, 6) is 2.11. The van der Waals surface area contributed by atoms with E-state index in [9.17, 15) is 9.59 Å². The van der Waals surface area contributed by atoms with Crippen LogP contribution in [-0.4, -0.2) is 93.9 Å². The maximum absolute atomic E-state index is 13.0. The molecule has 5 aliphatic heterocycles. The summed E-state index contributed by atoms with van der Waals surface area (Å²) in [4.78, 5) is 29.4. The third-order valence-electron chi connectivity index (χ3n) is 15.5. The first-order valence-electron chi connectivity index (χ1n) is 24.6. The molecule has 2 atom stereocenters. The molecule has 5 aliphatic rings. The Morgan fingerprint density at radius 2 is 0.857 bits per heavy atom. The topological polar surface area (TPSA) is 114 Å². The number of ether oxygens (including phenoxy) is 2. The molecule has 4 aromatic rings. The first kappa shape index (κ1) is 53.6. The van der Waals surface area contributed by atoms with Crippen molar-refractivity contribution in [3.63, 3.8) is 0 Å². The largest absolute Gasteiger partial charge is 0.497 e. The number of amides is 2. The molecule has 0 bridgehead atoms. The van der Waals surface area contributed by atoms with Crippen molar-refractivity contribution >= 4 is 65.7 Å². The van der Waals surface area contributed by atoms with E-state index in [1.807, 2.05) is 178 Å². The maximum atomic E-state index is 13.0. The molecule has 0 aromatic heterocycles. The number of hydrogen-bond acceptors (Lipinski definition) is 10. The lowest BCUT2D eigenvalue weighted by molar-refractivity contribution is -0.121. The zero-order valence-corrected chi connectivity index (χ0v) is 45.3. The lowest BCUT2D eigenvalue weighted by Crippen LogP contribution is -2.41. The van der Waals surface area contributed by atoms with Gasteiger partial charge in [-0.15, -0.1) is 0 Å². The third kappa shape index (κ3) is 11.7. The van der Waals surface area contributed by atoms with Crippen molar-refractivity contribution in [2.75, 3.05) is 37.1 Å². The van der Waals surface area contributed by atoms with Gasteiger partial charge in [-0.2, -0.15) is 0 Å². The zero-order valence-electron chi connectivity index (χ0n) is 43.7. The van der Waals surface area contributed by atoms with Crippen molar-refractivity contribution in [3.05, 3.63) is 113 Å². The van der Waals surface area contributed by atoms with Crippen LogP contribution in [0.4, 0.5) is 11.4 Å². The van der Waals surface area contributed by atoms with Crippen molar-refractivity contribution < 1.29 is 47.0 Å². The smallest absolute Gasteiger partial charge is 0.494 e. The van der Waals surface area contributed by atoms with E-state index in [0.717, 1.165) is 82.7 Å². The molecule has 2 unspecified atom stereocenters. The molecule has 5 saturated heterocycles. The van der Waals surface area contributed by atoms with Gasteiger partial charge in [-0.25, -0.2) is 0 Å². The minimum absolute atomic E-state index is 0.000111. The average Bonchev–Trinajstić information content (AvgIpc) is 4.03. The van der Waals surface area contributed by atoms with Gasteiger partial charge in [0.1, 0.15) is 11.5 Å². The Morgan fingerprint density at radius 1 is 0.514 bits per heavy atom. The predicted molar refractivity (Wildman–Crippen MR) is 283 cm³/mol. The van der Waals surface area contributed by atoms with Crippen LogP contribution in [0.25, 0.3) is 0 Å². The van der Waals surface area contributed by atoms with Crippen LogP contribution in [0.3, 0.4) is 0 Å². The summed E-state index contributed by atoms with van der Waals surface area (Å²) in [6.07, 6.45) is 3.25. The molecule has 4 aromatic carbocycles. The Hall–Kier alpha value is -4.15. The summed E-state index contributed by atoms with van der Waals surface area (Å²) in [6, 6.07) is 31.8. The Bertz CT molecular complexity index is 2380. The minimum Gasteiger partial charge on any atom is -0.497 e. The summed E-state index contributed by atoms with van der Waals surface area (Å²) in [5, 5.41) is 0. The number of nitrogens with zero attached hydrogens (tertiary/aromatic N) is 2.